The van der Waals surface area contributed by atoms with E-state index in [0.717, 1.165) is 23.0 Å². The maximum atomic E-state index is 14.7. The molecule has 0 saturated carbocycles. The number of aryl methyl sites for hydroxylation is 1. The molecule has 0 aliphatic carbocycles. The molecule has 11 nitrogen and oxygen atoms in total. The van der Waals surface area contributed by atoms with Crippen molar-refractivity contribution in [2.75, 3.05) is 0 Å². The van der Waals surface area contributed by atoms with Gasteiger partial charge in [-0.25, -0.2) is 29.2 Å². The molecule has 4 aromatic rings. The SMILES string of the molecule is [C-]#[N+]c1cc(Cl)cc(Oc2c(C(C)(F)F)ncn(Cc3c(C)nc(COc4ncccn4)[nH]c3=O)c2=O)c1F. The Kier molecular flexibility index (Phi) is 7.63. The molecule has 15 heteroatoms. The third-order valence-corrected chi connectivity index (χ3v) is 5.43. The number of aromatic nitrogens is 6. The van der Waals surface area contributed by atoms with Crippen molar-refractivity contribution >= 4 is 17.3 Å². The molecule has 39 heavy (non-hydrogen) atoms. The van der Waals surface area contributed by atoms with Crippen LogP contribution in [0.1, 0.15) is 29.7 Å². The maximum Gasteiger partial charge on any atom is 0.316 e. The number of aromatic amines is 1. The Morgan fingerprint density at radius 1 is 1.21 bits per heavy atom. The molecule has 200 valence electrons. The molecule has 0 bridgehead atoms. The van der Waals surface area contributed by atoms with E-state index in [0.29, 0.717) is 6.92 Å². The van der Waals surface area contributed by atoms with Crippen LogP contribution in [0.2, 0.25) is 5.02 Å². The van der Waals surface area contributed by atoms with E-state index in [4.69, 9.17) is 27.6 Å². The van der Waals surface area contributed by atoms with Crippen LogP contribution in [0.3, 0.4) is 0 Å². The second kappa shape index (κ2) is 10.9. The van der Waals surface area contributed by atoms with Gasteiger partial charge < -0.3 is 14.5 Å². The van der Waals surface area contributed by atoms with Gasteiger partial charge in [0.2, 0.25) is 11.4 Å². The van der Waals surface area contributed by atoms with Gasteiger partial charge in [0, 0.05) is 24.3 Å². The third kappa shape index (κ3) is 6.04. The molecule has 3 aromatic heterocycles. The second-order valence-corrected chi connectivity index (χ2v) is 8.53. The summed E-state index contributed by atoms with van der Waals surface area (Å²) in [6.45, 7) is 8.44. The van der Waals surface area contributed by atoms with Crippen molar-refractivity contribution in [2.45, 2.75) is 32.9 Å². The van der Waals surface area contributed by atoms with Crippen LogP contribution in [0.4, 0.5) is 18.9 Å². The van der Waals surface area contributed by atoms with Gasteiger partial charge in [0.25, 0.3) is 17.0 Å². The lowest BCUT2D eigenvalue weighted by atomic mass is 10.2. The molecule has 0 aliphatic rings. The molecule has 0 fully saturated rings. The fourth-order valence-electron chi connectivity index (χ4n) is 3.39. The van der Waals surface area contributed by atoms with Crippen LogP contribution >= 0.6 is 11.6 Å². The summed E-state index contributed by atoms with van der Waals surface area (Å²) in [5.74, 6) is -6.44. The standard InChI is InChI=1S/C24H17ClF3N7O4/c1-12-14(21(36)34-17(33-12)10-38-23-30-5-4-6-31-23)9-35-11-32-20(24(2,27)28)19(22(35)37)39-16-8-13(25)7-15(29-3)18(16)26/h4-8,11H,9-10H2,1-2H3,(H,33,34,36). The minimum absolute atomic E-state index is 0.0183. The highest BCUT2D eigenvalue weighted by atomic mass is 35.5. The lowest BCUT2D eigenvalue weighted by Crippen LogP contribution is -2.30. The first-order valence-electron chi connectivity index (χ1n) is 11.0. The molecule has 4 rings (SSSR count). The lowest BCUT2D eigenvalue weighted by Gasteiger charge is -2.17. The van der Waals surface area contributed by atoms with E-state index < -0.39 is 52.3 Å². The average molecular weight is 560 g/mol. The fraction of sp³-hybridized carbons (Fsp3) is 0.208. The summed E-state index contributed by atoms with van der Waals surface area (Å²) < 4.78 is 54.7. The molecule has 0 aliphatic heterocycles. The van der Waals surface area contributed by atoms with Crippen LogP contribution in [0.5, 0.6) is 17.5 Å². The van der Waals surface area contributed by atoms with Crippen molar-refractivity contribution in [2.24, 2.45) is 0 Å². The minimum Gasteiger partial charge on any atom is -0.455 e. The molecule has 0 saturated heterocycles. The number of hydrogen-bond donors (Lipinski definition) is 1. The average Bonchev–Trinajstić information content (AvgIpc) is 2.88. The fourth-order valence-corrected chi connectivity index (χ4v) is 3.59. The lowest BCUT2D eigenvalue weighted by molar-refractivity contribution is 0.0100. The first-order chi connectivity index (χ1) is 18.5. The van der Waals surface area contributed by atoms with Crippen LogP contribution in [0.15, 0.2) is 46.5 Å². The molecule has 0 spiro atoms. The van der Waals surface area contributed by atoms with Crippen molar-refractivity contribution in [3.8, 4) is 17.5 Å². The number of H-pyrrole nitrogens is 1. The van der Waals surface area contributed by atoms with Crippen molar-refractivity contribution < 1.29 is 22.6 Å². The van der Waals surface area contributed by atoms with Gasteiger partial charge in [0.15, 0.2) is 17.3 Å². The van der Waals surface area contributed by atoms with E-state index in [1.165, 1.54) is 19.3 Å². The summed E-state index contributed by atoms with van der Waals surface area (Å²) >= 11 is 5.88. The molecule has 0 atom stereocenters. The van der Waals surface area contributed by atoms with E-state index in [9.17, 15) is 22.8 Å². The predicted octanol–water partition coefficient (Wildman–Crippen LogP) is 4.30. The number of nitrogens with zero attached hydrogens (tertiary/aromatic N) is 6. The van der Waals surface area contributed by atoms with E-state index in [1.54, 1.807) is 6.07 Å². The van der Waals surface area contributed by atoms with Gasteiger partial charge in [-0.1, -0.05) is 11.6 Å². The summed E-state index contributed by atoms with van der Waals surface area (Å²) in [7, 11) is 0. The van der Waals surface area contributed by atoms with Gasteiger partial charge in [0.1, 0.15) is 12.4 Å². The van der Waals surface area contributed by atoms with Gasteiger partial charge >= 0.3 is 6.01 Å². The first-order valence-corrected chi connectivity index (χ1v) is 11.4. The van der Waals surface area contributed by atoms with E-state index in [-0.39, 0.29) is 34.7 Å². The van der Waals surface area contributed by atoms with Crippen LogP contribution < -0.4 is 20.6 Å². The van der Waals surface area contributed by atoms with Crippen LogP contribution in [0, 0.1) is 19.3 Å². The number of halogens is 4. The van der Waals surface area contributed by atoms with Crippen molar-refractivity contribution in [1.82, 2.24) is 29.5 Å². The molecule has 1 aromatic carbocycles. The topological polar surface area (TPSA) is 129 Å². The highest BCUT2D eigenvalue weighted by molar-refractivity contribution is 6.31. The number of ether oxygens (including phenoxy) is 2. The number of nitrogens with one attached hydrogen (secondary N) is 1. The Morgan fingerprint density at radius 2 is 1.92 bits per heavy atom. The van der Waals surface area contributed by atoms with Crippen molar-refractivity contribution in [1.29, 1.82) is 0 Å². The summed E-state index contributed by atoms with van der Waals surface area (Å²) in [5.41, 5.74) is -3.15. The van der Waals surface area contributed by atoms with Crippen molar-refractivity contribution in [3.05, 3.63) is 103 Å². The molecule has 0 radical (unpaired) electrons. The normalized spacial score (nSPS) is 11.2. The van der Waals surface area contributed by atoms with Gasteiger partial charge in [-0.05, 0) is 25.1 Å². The highest BCUT2D eigenvalue weighted by Gasteiger charge is 2.34. The number of hydrogen-bond acceptors (Lipinski definition) is 8. The summed E-state index contributed by atoms with van der Waals surface area (Å²) in [4.78, 5) is 47.2. The monoisotopic (exact) mass is 559 g/mol. The largest absolute Gasteiger partial charge is 0.455 e. The first kappa shape index (κ1) is 27.3. The number of alkyl halides is 2. The summed E-state index contributed by atoms with van der Waals surface area (Å²) in [6.07, 6.45) is 3.75. The smallest absolute Gasteiger partial charge is 0.316 e. The Bertz CT molecular complexity index is 1700. The quantitative estimate of drug-likeness (QED) is 0.316. The number of benzene rings is 1. The van der Waals surface area contributed by atoms with E-state index in [1.807, 2.05) is 0 Å². The van der Waals surface area contributed by atoms with E-state index >= 15 is 0 Å². The van der Waals surface area contributed by atoms with E-state index in [2.05, 4.69) is 29.8 Å². The molecule has 1 N–H and O–H groups in total. The summed E-state index contributed by atoms with van der Waals surface area (Å²) in [5, 5.41) is -0.123. The molecule has 0 amide bonds. The zero-order valence-corrected chi connectivity index (χ0v) is 21.0. The van der Waals surface area contributed by atoms with Gasteiger partial charge in [-0.15, -0.1) is 0 Å². The van der Waals surface area contributed by atoms with Gasteiger partial charge in [-0.2, -0.15) is 8.78 Å². The van der Waals surface area contributed by atoms with Crippen LogP contribution in [-0.4, -0.2) is 29.5 Å². The Balaban J connectivity index is 1.70. The maximum absolute atomic E-state index is 14.7. The summed E-state index contributed by atoms with van der Waals surface area (Å²) in [6, 6.07) is 3.61. The van der Waals surface area contributed by atoms with Crippen LogP contribution in [-0.2, 0) is 19.1 Å². The minimum atomic E-state index is -3.66. The van der Waals surface area contributed by atoms with Crippen LogP contribution in [0.25, 0.3) is 4.85 Å². The Hall–Kier alpha value is -4.77. The molecular weight excluding hydrogens is 543 g/mol. The van der Waals surface area contributed by atoms with Crippen molar-refractivity contribution in [3.63, 3.8) is 0 Å². The Morgan fingerprint density at radius 3 is 2.56 bits per heavy atom. The van der Waals surface area contributed by atoms with Gasteiger partial charge in [-0.3, -0.25) is 14.2 Å². The second-order valence-electron chi connectivity index (χ2n) is 8.09. The molecular formula is C24H17ClF3N7O4. The highest BCUT2D eigenvalue weighted by Crippen LogP contribution is 2.37. The zero-order chi connectivity index (χ0) is 28.3. The third-order valence-electron chi connectivity index (χ3n) is 5.21. The molecule has 3 heterocycles. The predicted molar refractivity (Wildman–Crippen MR) is 131 cm³/mol. The van der Waals surface area contributed by atoms with Gasteiger partial charge in [0.05, 0.1) is 30.7 Å². The molecule has 0 unspecified atom stereocenters. The Labute approximate surface area is 222 Å². The number of rotatable bonds is 8. The zero-order valence-electron chi connectivity index (χ0n) is 20.2.